The maximum absolute atomic E-state index is 5.96. The maximum Gasteiger partial charge on any atom is 0.0592 e. The number of thiophene rings is 1. The molecule has 0 unspecified atom stereocenters. The van der Waals surface area contributed by atoms with Gasteiger partial charge >= 0.3 is 0 Å². The molecule has 2 rings (SSSR count). The first-order valence-electron chi connectivity index (χ1n) is 3.51. The van der Waals surface area contributed by atoms with Crippen LogP contribution in [-0.2, 0) is 0 Å². The van der Waals surface area contributed by atoms with E-state index in [0.717, 1.165) is 15.5 Å². The Hall–Kier alpha value is -0.860. The Bertz CT molecular complexity index is 369. The van der Waals surface area contributed by atoms with Crippen molar-refractivity contribution in [3.63, 3.8) is 0 Å². The molecule has 0 fully saturated rings. The highest BCUT2D eigenvalue weighted by Crippen LogP contribution is 2.32. The van der Waals surface area contributed by atoms with Gasteiger partial charge in [-0.25, -0.2) is 0 Å². The Morgan fingerprint density at radius 2 is 1.92 bits per heavy atom. The third kappa shape index (κ3) is 1.36. The first-order valence-corrected chi connectivity index (χ1v) is 4.77. The lowest BCUT2D eigenvalue weighted by atomic mass is 10.2. The number of halogens is 1. The average Bonchev–Trinajstić information content (AvgIpc) is 2.53. The van der Waals surface area contributed by atoms with Crippen LogP contribution in [-0.4, -0.2) is 4.98 Å². The molecule has 0 saturated carbocycles. The molecule has 0 amide bonds. The molecule has 0 aliphatic carbocycles. The summed E-state index contributed by atoms with van der Waals surface area (Å²) in [5, 5.41) is 2.80. The molecule has 0 aliphatic rings. The summed E-state index contributed by atoms with van der Waals surface area (Å²) in [4.78, 5) is 5.06. The van der Waals surface area contributed by atoms with Crippen LogP contribution in [0, 0.1) is 0 Å². The van der Waals surface area contributed by atoms with Gasteiger partial charge in [0.05, 0.1) is 9.90 Å². The Morgan fingerprint density at radius 3 is 2.50 bits per heavy atom. The molecule has 0 aromatic carbocycles. The fourth-order valence-electron chi connectivity index (χ4n) is 1.00. The van der Waals surface area contributed by atoms with E-state index in [1.54, 1.807) is 23.7 Å². The van der Waals surface area contributed by atoms with Gasteiger partial charge in [-0.15, -0.1) is 11.3 Å². The zero-order valence-corrected chi connectivity index (χ0v) is 7.77. The summed E-state index contributed by atoms with van der Waals surface area (Å²) in [6.07, 6.45) is 3.54. The van der Waals surface area contributed by atoms with Crippen LogP contribution >= 0.6 is 22.9 Å². The maximum atomic E-state index is 5.96. The first kappa shape index (κ1) is 7.77. The second kappa shape index (κ2) is 3.25. The highest BCUT2D eigenvalue weighted by Gasteiger charge is 2.02. The summed E-state index contributed by atoms with van der Waals surface area (Å²) >= 11 is 7.61. The van der Waals surface area contributed by atoms with Crippen molar-refractivity contribution >= 4 is 22.9 Å². The van der Waals surface area contributed by atoms with Gasteiger partial charge in [-0.05, 0) is 29.1 Å². The summed E-state index contributed by atoms with van der Waals surface area (Å²) in [6.45, 7) is 0. The van der Waals surface area contributed by atoms with Crippen LogP contribution in [0.4, 0.5) is 0 Å². The zero-order chi connectivity index (χ0) is 8.39. The first-order chi connectivity index (χ1) is 5.88. The van der Waals surface area contributed by atoms with Crippen LogP contribution in [0.5, 0.6) is 0 Å². The average molecular weight is 196 g/mol. The minimum absolute atomic E-state index is 0.811. The van der Waals surface area contributed by atoms with Gasteiger partial charge in [-0.1, -0.05) is 11.6 Å². The van der Waals surface area contributed by atoms with Crippen LogP contribution in [0.15, 0.2) is 36.0 Å². The topological polar surface area (TPSA) is 12.9 Å². The van der Waals surface area contributed by atoms with Crippen molar-refractivity contribution in [1.82, 2.24) is 4.98 Å². The number of aromatic nitrogens is 1. The highest BCUT2D eigenvalue weighted by atomic mass is 35.5. The summed E-state index contributed by atoms with van der Waals surface area (Å²) < 4.78 is 0. The lowest BCUT2D eigenvalue weighted by Gasteiger charge is -1.95. The summed E-state index contributed by atoms with van der Waals surface area (Å²) in [5.74, 6) is 0. The summed E-state index contributed by atoms with van der Waals surface area (Å²) in [6, 6.07) is 5.82. The molecule has 60 valence electrons. The van der Waals surface area contributed by atoms with Crippen molar-refractivity contribution in [3.8, 4) is 10.4 Å². The Balaban J connectivity index is 2.51. The number of hydrogen-bond acceptors (Lipinski definition) is 2. The predicted molar refractivity (Wildman–Crippen MR) is 52.6 cm³/mol. The normalized spacial score (nSPS) is 10.1. The molecule has 1 nitrogen and oxygen atoms in total. The van der Waals surface area contributed by atoms with Gasteiger partial charge in [-0.3, -0.25) is 4.98 Å². The van der Waals surface area contributed by atoms with E-state index in [9.17, 15) is 0 Å². The van der Waals surface area contributed by atoms with Crippen molar-refractivity contribution in [2.24, 2.45) is 0 Å². The Morgan fingerprint density at radius 1 is 1.17 bits per heavy atom. The molecule has 2 aromatic rings. The van der Waals surface area contributed by atoms with E-state index in [4.69, 9.17) is 11.6 Å². The minimum atomic E-state index is 0.811. The number of rotatable bonds is 1. The van der Waals surface area contributed by atoms with Crippen molar-refractivity contribution in [2.45, 2.75) is 0 Å². The van der Waals surface area contributed by atoms with Crippen molar-refractivity contribution in [1.29, 1.82) is 0 Å². The van der Waals surface area contributed by atoms with Gasteiger partial charge in [0.15, 0.2) is 0 Å². The molecule has 0 aliphatic heterocycles. The predicted octanol–water partition coefficient (Wildman–Crippen LogP) is 3.46. The van der Waals surface area contributed by atoms with Crippen LogP contribution in [0.25, 0.3) is 10.4 Å². The fraction of sp³-hybridized carbons (Fsp3) is 0. The Kier molecular flexibility index (Phi) is 2.11. The molecule has 0 radical (unpaired) electrons. The lowest BCUT2D eigenvalue weighted by Crippen LogP contribution is -1.73. The van der Waals surface area contributed by atoms with Crippen molar-refractivity contribution in [2.75, 3.05) is 0 Å². The SMILES string of the molecule is Clc1ccsc1-c1ccncc1. The third-order valence-corrected chi connectivity index (χ3v) is 2.95. The third-order valence-electron chi connectivity index (χ3n) is 1.56. The van der Waals surface area contributed by atoms with E-state index in [1.807, 2.05) is 23.6 Å². The number of pyridine rings is 1. The van der Waals surface area contributed by atoms with Crippen LogP contribution in [0.2, 0.25) is 5.02 Å². The second-order valence-corrected chi connectivity index (χ2v) is 3.66. The quantitative estimate of drug-likeness (QED) is 0.679. The molecule has 0 saturated heterocycles. The molecule has 2 aromatic heterocycles. The van der Waals surface area contributed by atoms with Gasteiger partial charge in [0.1, 0.15) is 0 Å². The zero-order valence-electron chi connectivity index (χ0n) is 6.20. The summed E-state index contributed by atoms with van der Waals surface area (Å²) in [7, 11) is 0. The standard InChI is InChI=1S/C9H6ClNS/c10-8-3-6-12-9(8)7-1-4-11-5-2-7/h1-6H. The summed E-state index contributed by atoms with van der Waals surface area (Å²) in [5.41, 5.74) is 1.13. The minimum Gasteiger partial charge on any atom is -0.265 e. The van der Waals surface area contributed by atoms with Gasteiger partial charge in [-0.2, -0.15) is 0 Å². The van der Waals surface area contributed by atoms with E-state index in [2.05, 4.69) is 4.98 Å². The van der Waals surface area contributed by atoms with Gasteiger partial charge in [0, 0.05) is 12.4 Å². The van der Waals surface area contributed by atoms with Crippen molar-refractivity contribution in [3.05, 3.63) is 41.0 Å². The smallest absolute Gasteiger partial charge is 0.0592 e. The van der Waals surface area contributed by atoms with Gasteiger partial charge < -0.3 is 0 Å². The van der Waals surface area contributed by atoms with E-state index in [0.29, 0.717) is 0 Å². The molecule has 3 heteroatoms. The van der Waals surface area contributed by atoms with E-state index < -0.39 is 0 Å². The molecular formula is C9H6ClNS. The Labute approximate surface area is 79.7 Å². The van der Waals surface area contributed by atoms with E-state index >= 15 is 0 Å². The van der Waals surface area contributed by atoms with Crippen LogP contribution in [0.1, 0.15) is 0 Å². The molecule has 0 N–H and O–H groups in total. The fourth-order valence-corrected chi connectivity index (χ4v) is 2.18. The molecule has 0 bridgehead atoms. The molecule has 2 heterocycles. The van der Waals surface area contributed by atoms with Crippen molar-refractivity contribution < 1.29 is 0 Å². The lowest BCUT2D eigenvalue weighted by molar-refractivity contribution is 1.33. The number of hydrogen-bond donors (Lipinski definition) is 0. The second-order valence-electron chi connectivity index (χ2n) is 2.33. The van der Waals surface area contributed by atoms with Crippen LogP contribution < -0.4 is 0 Å². The molecule has 0 spiro atoms. The van der Waals surface area contributed by atoms with E-state index in [-0.39, 0.29) is 0 Å². The van der Waals surface area contributed by atoms with E-state index in [1.165, 1.54) is 0 Å². The monoisotopic (exact) mass is 195 g/mol. The highest BCUT2D eigenvalue weighted by molar-refractivity contribution is 7.14. The van der Waals surface area contributed by atoms with Gasteiger partial charge in [0.2, 0.25) is 0 Å². The van der Waals surface area contributed by atoms with Crippen LogP contribution in [0.3, 0.4) is 0 Å². The molecule has 12 heavy (non-hydrogen) atoms. The van der Waals surface area contributed by atoms with Gasteiger partial charge in [0.25, 0.3) is 0 Å². The largest absolute Gasteiger partial charge is 0.265 e. The molecule has 0 atom stereocenters. The molecular weight excluding hydrogens is 190 g/mol. The number of nitrogens with zero attached hydrogens (tertiary/aromatic N) is 1.